The molecule has 1 atom stereocenters. The molecule has 1 heterocycles. The Morgan fingerprint density at radius 3 is 3.18 bits per heavy atom. The van der Waals surface area contributed by atoms with E-state index >= 15 is 0 Å². The normalized spacial score (nSPS) is 19.0. The highest BCUT2D eigenvalue weighted by molar-refractivity contribution is 5.80. The first-order valence-corrected chi connectivity index (χ1v) is 5.82. The van der Waals surface area contributed by atoms with E-state index in [1.807, 2.05) is 24.3 Å². The van der Waals surface area contributed by atoms with Crippen LogP contribution in [-0.4, -0.2) is 25.7 Å². The molecule has 1 amide bonds. The predicted molar refractivity (Wildman–Crippen MR) is 63.8 cm³/mol. The third-order valence-corrected chi connectivity index (χ3v) is 2.82. The fraction of sp³-hybridized carbons (Fsp3) is 0.462. The molecule has 0 bridgehead atoms. The van der Waals surface area contributed by atoms with Crippen molar-refractivity contribution in [3.63, 3.8) is 0 Å². The lowest BCUT2D eigenvalue weighted by atomic mass is 10.2. The molecule has 0 aliphatic carbocycles. The summed E-state index contributed by atoms with van der Waals surface area (Å²) < 4.78 is 10.4. The van der Waals surface area contributed by atoms with Gasteiger partial charge in [-0.15, -0.1) is 0 Å². The molecule has 1 N–H and O–H groups in total. The Hall–Kier alpha value is -1.55. The number of methoxy groups -OCH3 is 1. The fourth-order valence-electron chi connectivity index (χ4n) is 1.87. The number of nitrogens with one attached hydrogen (secondary N) is 1. The van der Waals surface area contributed by atoms with Gasteiger partial charge in [-0.1, -0.05) is 12.1 Å². The van der Waals surface area contributed by atoms with Crippen molar-refractivity contribution in [3.05, 3.63) is 29.8 Å². The Kier molecular flexibility index (Phi) is 3.98. The monoisotopic (exact) mass is 235 g/mol. The highest BCUT2D eigenvalue weighted by Gasteiger charge is 2.22. The first-order valence-electron chi connectivity index (χ1n) is 5.82. The lowest BCUT2D eigenvalue weighted by Gasteiger charge is -2.10. The average Bonchev–Trinajstić information content (AvgIpc) is 2.90. The predicted octanol–water partition coefficient (Wildman–Crippen LogP) is 1.49. The summed E-state index contributed by atoms with van der Waals surface area (Å²) in [6.07, 6.45) is 1.53. The van der Waals surface area contributed by atoms with Crippen LogP contribution in [0, 0.1) is 0 Å². The highest BCUT2D eigenvalue weighted by atomic mass is 16.5. The molecular formula is C13H17NO3. The minimum absolute atomic E-state index is 0.0229. The summed E-state index contributed by atoms with van der Waals surface area (Å²) in [5, 5.41) is 2.87. The van der Waals surface area contributed by atoms with Crippen LogP contribution in [0.15, 0.2) is 24.3 Å². The van der Waals surface area contributed by atoms with Crippen molar-refractivity contribution >= 4 is 5.91 Å². The van der Waals surface area contributed by atoms with E-state index in [4.69, 9.17) is 9.47 Å². The van der Waals surface area contributed by atoms with Crippen LogP contribution in [0.1, 0.15) is 18.4 Å². The summed E-state index contributed by atoms with van der Waals surface area (Å²) in [6, 6.07) is 7.66. The molecule has 1 aliphatic heterocycles. The van der Waals surface area contributed by atoms with E-state index < -0.39 is 0 Å². The minimum atomic E-state index is -0.263. The van der Waals surface area contributed by atoms with Crippen molar-refractivity contribution in [3.8, 4) is 5.75 Å². The molecule has 1 fully saturated rings. The minimum Gasteiger partial charge on any atom is -0.497 e. The first kappa shape index (κ1) is 11.9. The maximum atomic E-state index is 11.7. The van der Waals surface area contributed by atoms with Crippen LogP contribution in [-0.2, 0) is 16.1 Å². The van der Waals surface area contributed by atoms with Gasteiger partial charge in [-0.25, -0.2) is 0 Å². The molecule has 2 rings (SSSR count). The highest BCUT2D eigenvalue weighted by Crippen LogP contribution is 2.14. The standard InChI is InChI=1S/C13H17NO3/c1-16-11-5-2-4-10(8-11)9-14-13(15)12-6-3-7-17-12/h2,4-5,8,12H,3,6-7,9H2,1H3,(H,14,15)/t12-/m0/s1. The molecule has 4 nitrogen and oxygen atoms in total. The van der Waals surface area contributed by atoms with E-state index in [1.54, 1.807) is 7.11 Å². The van der Waals surface area contributed by atoms with Crippen LogP contribution < -0.4 is 10.1 Å². The van der Waals surface area contributed by atoms with Gasteiger partial charge >= 0.3 is 0 Å². The molecule has 0 aromatic heterocycles. The molecule has 1 aromatic rings. The van der Waals surface area contributed by atoms with Gasteiger partial charge in [-0.05, 0) is 30.5 Å². The fourth-order valence-corrected chi connectivity index (χ4v) is 1.87. The average molecular weight is 235 g/mol. The summed E-state index contributed by atoms with van der Waals surface area (Å²) in [7, 11) is 1.63. The van der Waals surface area contributed by atoms with Crippen LogP contribution in [0.25, 0.3) is 0 Å². The van der Waals surface area contributed by atoms with Gasteiger partial charge in [0.25, 0.3) is 0 Å². The van der Waals surface area contributed by atoms with Crippen molar-refractivity contribution in [1.82, 2.24) is 5.32 Å². The van der Waals surface area contributed by atoms with E-state index in [1.165, 1.54) is 0 Å². The zero-order valence-corrected chi connectivity index (χ0v) is 9.94. The molecule has 1 aliphatic rings. The van der Waals surface area contributed by atoms with E-state index in [0.717, 1.165) is 24.2 Å². The number of amides is 1. The van der Waals surface area contributed by atoms with Crippen LogP contribution in [0.3, 0.4) is 0 Å². The summed E-state index contributed by atoms with van der Waals surface area (Å²) in [5.74, 6) is 0.777. The lowest BCUT2D eigenvalue weighted by Crippen LogP contribution is -2.33. The summed E-state index contributed by atoms with van der Waals surface area (Å²) in [5.41, 5.74) is 1.02. The van der Waals surface area contributed by atoms with E-state index in [2.05, 4.69) is 5.32 Å². The quantitative estimate of drug-likeness (QED) is 0.860. The third-order valence-electron chi connectivity index (χ3n) is 2.82. The second-order valence-corrected chi connectivity index (χ2v) is 4.07. The van der Waals surface area contributed by atoms with Crippen LogP contribution in [0.2, 0.25) is 0 Å². The van der Waals surface area contributed by atoms with Crippen LogP contribution in [0.4, 0.5) is 0 Å². The molecule has 1 aromatic carbocycles. The molecule has 0 saturated carbocycles. The van der Waals surface area contributed by atoms with Crippen LogP contribution >= 0.6 is 0 Å². The number of rotatable bonds is 4. The SMILES string of the molecule is COc1cccc(CNC(=O)[C@@H]2CCCO2)c1. The lowest BCUT2D eigenvalue weighted by molar-refractivity contribution is -0.130. The summed E-state index contributed by atoms with van der Waals surface area (Å²) >= 11 is 0. The number of benzene rings is 1. The maximum Gasteiger partial charge on any atom is 0.249 e. The Morgan fingerprint density at radius 1 is 1.59 bits per heavy atom. The van der Waals surface area contributed by atoms with Crippen molar-refractivity contribution < 1.29 is 14.3 Å². The smallest absolute Gasteiger partial charge is 0.249 e. The number of hydrogen-bond donors (Lipinski definition) is 1. The number of ether oxygens (including phenoxy) is 2. The zero-order valence-electron chi connectivity index (χ0n) is 9.94. The second-order valence-electron chi connectivity index (χ2n) is 4.07. The molecule has 1 saturated heterocycles. The van der Waals surface area contributed by atoms with Gasteiger partial charge in [-0.2, -0.15) is 0 Å². The topological polar surface area (TPSA) is 47.6 Å². The molecular weight excluding hydrogens is 218 g/mol. The third kappa shape index (κ3) is 3.20. The van der Waals surface area contributed by atoms with E-state index in [0.29, 0.717) is 13.2 Å². The maximum absolute atomic E-state index is 11.7. The van der Waals surface area contributed by atoms with Crippen molar-refractivity contribution in [1.29, 1.82) is 0 Å². The Bertz CT molecular complexity index is 386. The van der Waals surface area contributed by atoms with Crippen LogP contribution in [0.5, 0.6) is 5.75 Å². The van der Waals surface area contributed by atoms with Gasteiger partial charge in [0.1, 0.15) is 11.9 Å². The zero-order chi connectivity index (χ0) is 12.1. The Labute approximate surface area is 101 Å². The van der Waals surface area contributed by atoms with Crippen molar-refractivity contribution in [2.75, 3.05) is 13.7 Å². The van der Waals surface area contributed by atoms with Gasteiger partial charge in [0.05, 0.1) is 7.11 Å². The van der Waals surface area contributed by atoms with Gasteiger partial charge < -0.3 is 14.8 Å². The molecule has 17 heavy (non-hydrogen) atoms. The molecule has 0 radical (unpaired) electrons. The van der Waals surface area contributed by atoms with Crippen molar-refractivity contribution in [2.45, 2.75) is 25.5 Å². The van der Waals surface area contributed by atoms with E-state index in [-0.39, 0.29) is 12.0 Å². The molecule has 0 spiro atoms. The molecule has 92 valence electrons. The molecule has 0 unspecified atom stereocenters. The number of hydrogen-bond acceptors (Lipinski definition) is 3. The first-order chi connectivity index (χ1) is 8.29. The Balaban J connectivity index is 1.86. The van der Waals surface area contributed by atoms with Gasteiger partial charge in [0.15, 0.2) is 0 Å². The van der Waals surface area contributed by atoms with Gasteiger partial charge in [0, 0.05) is 13.2 Å². The number of carbonyl (C=O) groups is 1. The largest absolute Gasteiger partial charge is 0.497 e. The van der Waals surface area contributed by atoms with Gasteiger partial charge in [0.2, 0.25) is 5.91 Å². The Morgan fingerprint density at radius 2 is 2.47 bits per heavy atom. The second kappa shape index (κ2) is 5.68. The van der Waals surface area contributed by atoms with Crippen molar-refractivity contribution in [2.24, 2.45) is 0 Å². The van der Waals surface area contributed by atoms with E-state index in [9.17, 15) is 4.79 Å². The number of carbonyl (C=O) groups excluding carboxylic acids is 1. The molecule has 4 heteroatoms. The summed E-state index contributed by atoms with van der Waals surface area (Å²) in [4.78, 5) is 11.7. The summed E-state index contributed by atoms with van der Waals surface area (Å²) in [6.45, 7) is 1.20. The van der Waals surface area contributed by atoms with Gasteiger partial charge in [-0.3, -0.25) is 4.79 Å².